The molecular formula is C18H25N7. The number of anilines is 3. The third-order valence-electron chi connectivity index (χ3n) is 4.99. The number of aryl methyl sites for hydroxylation is 1. The summed E-state index contributed by atoms with van der Waals surface area (Å²) in [6.45, 7) is 7.93. The van der Waals surface area contributed by atoms with Gasteiger partial charge in [0, 0.05) is 51.5 Å². The van der Waals surface area contributed by atoms with Gasteiger partial charge in [-0.3, -0.25) is 4.98 Å². The Morgan fingerprint density at radius 1 is 0.720 bits per heavy atom. The predicted octanol–water partition coefficient (Wildman–Crippen LogP) is 1.89. The molecule has 0 spiro atoms. The quantitative estimate of drug-likeness (QED) is 0.846. The van der Waals surface area contributed by atoms with Gasteiger partial charge in [0.15, 0.2) is 0 Å². The van der Waals surface area contributed by atoms with E-state index in [2.05, 4.69) is 40.7 Å². The van der Waals surface area contributed by atoms with E-state index in [0.717, 1.165) is 62.4 Å². The summed E-state index contributed by atoms with van der Waals surface area (Å²) in [5.41, 5.74) is 0.960. The van der Waals surface area contributed by atoms with Crippen LogP contribution in [0.4, 0.5) is 17.5 Å². The van der Waals surface area contributed by atoms with E-state index in [1.165, 1.54) is 19.3 Å². The third kappa shape index (κ3) is 3.65. The van der Waals surface area contributed by atoms with Gasteiger partial charge in [0.2, 0.25) is 0 Å². The zero-order valence-electron chi connectivity index (χ0n) is 14.8. The van der Waals surface area contributed by atoms with E-state index in [4.69, 9.17) is 0 Å². The van der Waals surface area contributed by atoms with Crippen LogP contribution in [0.25, 0.3) is 0 Å². The molecule has 0 N–H and O–H groups in total. The maximum atomic E-state index is 4.58. The van der Waals surface area contributed by atoms with E-state index in [1.54, 1.807) is 12.5 Å². The molecular weight excluding hydrogens is 314 g/mol. The van der Waals surface area contributed by atoms with Crippen molar-refractivity contribution in [2.45, 2.75) is 26.2 Å². The molecule has 25 heavy (non-hydrogen) atoms. The molecule has 7 heteroatoms. The second-order valence-corrected chi connectivity index (χ2v) is 6.77. The van der Waals surface area contributed by atoms with E-state index >= 15 is 0 Å². The van der Waals surface area contributed by atoms with Crippen LogP contribution in [0.15, 0.2) is 24.8 Å². The molecule has 2 aliphatic heterocycles. The molecule has 4 heterocycles. The monoisotopic (exact) mass is 339 g/mol. The number of piperazine rings is 1. The molecule has 0 unspecified atom stereocenters. The molecule has 0 aromatic carbocycles. The number of hydrogen-bond acceptors (Lipinski definition) is 7. The Labute approximate surface area is 148 Å². The van der Waals surface area contributed by atoms with Gasteiger partial charge in [-0.1, -0.05) is 0 Å². The highest BCUT2D eigenvalue weighted by Crippen LogP contribution is 2.22. The fourth-order valence-electron chi connectivity index (χ4n) is 3.57. The molecule has 0 atom stereocenters. The molecule has 2 aliphatic rings. The van der Waals surface area contributed by atoms with Crippen LogP contribution in [-0.4, -0.2) is 59.2 Å². The van der Waals surface area contributed by atoms with Crippen LogP contribution >= 0.6 is 0 Å². The molecule has 0 radical (unpaired) electrons. The number of hydrogen-bond donors (Lipinski definition) is 0. The minimum atomic E-state index is 0.932. The molecule has 2 aromatic heterocycles. The van der Waals surface area contributed by atoms with Gasteiger partial charge >= 0.3 is 0 Å². The lowest BCUT2D eigenvalue weighted by atomic mass is 10.1. The minimum Gasteiger partial charge on any atom is -0.356 e. The summed E-state index contributed by atoms with van der Waals surface area (Å²) >= 11 is 0. The maximum absolute atomic E-state index is 4.58. The lowest BCUT2D eigenvalue weighted by Gasteiger charge is -2.36. The standard InChI is InChI=1S/C18H25N7/c1-15-12-19-13-18(22-15)25-9-7-24(8-10-25)17-11-16(20-14-21-17)23-5-3-2-4-6-23/h11-14H,2-10H2,1H3. The topological polar surface area (TPSA) is 61.3 Å². The smallest absolute Gasteiger partial charge is 0.147 e. The van der Waals surface area contributed by atoms with Crippen molar-refractivity contribution in [3.8, 4) is 0 Å². The molecule has 132 valence electrons. The normalized spacial score (nSPS) is 18.5. The molecule has 0 bridgehead atoms. The average molecular weight is 339 g/mol. The fraction of sp³-hybridized carbons (Fsp3) is 0.556. The van der Waals surface area contributed by atoms with Crippen molar-refractivity contribution in [1.82, 2.24) is 19.9 Å². The van der Waals surface area contributed by atoms with E-state index in [9.17, 15) is 0 Å². The third-order valence-corrected chi connectivity index (χ3v) is 4.99. The summed E-state index contributed by atoms with van der Waals surface area (Å²) in [6.07, 6.45) is 9.20. The van der Waals surface area contributed by atoms with Crippen LogP contribution in [0.3, 0.4) is 0 Å². The largest absolute Gasteiger partial charge is 0.356 e. The summed E-state index contributed by atoms with van der Waals surface area (Å²) in [6, 6.07) is 2.15. The van der Waals surface area contributed by atoms with Crippen LogP contribution in [0.5, 0.6) is 0 Å². The molecule has 2 fully saturated rings. The number of rotatable bonds is 3. The van der Waals surface area contributed by atoms with Crippen molar-refractivity contribution < 1.29 is 0 Å². The van der Waals surface area contributed by atoms with E-state index in [-0.39, 0.29) is 0 Å². The Balaban J connectivity index is 1.42. The molecule has 7 nitrogen and oxygen atoms in total. The van der Waals surface area contributed by atoms with Gasteiger partial charge in [-0.15, -0.1) is 0 Å². The summed E-state index contributed by atoms with van der Waals surface area (Å²) in [5, 5.41) is 0. The Kier molecular flexibility index (Phi) is 4.63. The SMILES string of the molecule is Cc1cncc(N2CCN(c3cc(N4CCCCC4)ncn3)CC2)n1. The highest BCUT2D eigenvalue weighted by Gasteiger charge is 2.21. The maximum Gasteiger partial charge on any atom is 0.147 e. The van der Waals surface area contributed by atoms with Crippen molar-refractivity contribution in [2.24, 2.45) is 0 Å². The van der Waals surface area contributed by atoms with Gasteiger partial charge < -0.3 is 14.7 Å². The van der Waals surface area contributed by atoms with Gasteiger partial charge in [-0.05, 0) is 26.2 Å². The number of nitrogens with zero attached hydrogens (tertiary/aromatic N) is 7. The molecule has 2 aromatic rings. The second-order valence-electron chi connectivity index (χ2n) is 6.77. The van der Waals surface area contributed by atoms with Crippen molar-refractivity contribution in [1.29, 1.82) is 0 Å². The molecule has 2 saturated heterocycles. The van der Waals surface area contributed by atoms with Crippen LogP contribution in [0.1, 0.15) is 25.0 Å². The number of piperidine rings is 1. The summed E-state index contributed by atoms with van der Waals surface area (Å²) < 4.78 is 0. The summed E-state index contributed by atoms with van der Waals surface area (Å²) in [5.74, 6) is 3.07. The van der Waals surface area contributed by atoms with Gasteiger partial charge in [-0.25, -0.2) is 15.0 Å². The first-order valence-corrected chi connectivity index (χ1v) is 9.15. The van der Waals surface area contributed by atoms with Crippen molar-refractivity contribution in [2.75, 3.05) is 54.0 Å². The highest BCUT2D eigenvalue weighted by molar-refractivity contribution is 5.51. The Hall–Kier alpha value is -2.44. The summed E-state index contributed by atoms with van der Waals surface area (Å²) in [7, 11) is 0. The van der Waals surface area contributed by atoms with E-state index in [0.29, 0.717) is 0 Å². The Morgan fingerprint density at radius 2 is 1.32 bits per heavy atom. The first kappa shape index (κ1) is 16.1. The van der Waals surface area contributed by atoms with Crippen LogP contribution in [0.2, 0.25) is 0 Å². The minimum absolute atomic E-state index is 0.932. The van der Waals surface area contributed by atoms with Gasteiger partial charge in [0.25, 0.3) is 0 Å². The van der Waals surface area contributed by atoms with E-state index in [1.807, 2.05) is 13.1 Å². The van der Waals surface area contributed by atoms with Gasteiger partial charge in [0.1, 0.15) is 23.8 Å². The lowest BCUT2D eigenvalue weighted by molar-refractivity contribution is 0.572. The fourth-order valence-corrected chi connectivity index (χ4v) is 3.57. The molecule has 0 saturated carbocycles. The predicted molar refractivity (Wildman–Crippen MR) is 99.3 cm³/mol. The second kappa shape index (κ2) is 7.21. The van der Waals surface area contributed by atoms with Crippen LogP contribution < -0.4 is 14.7 Å². The Morgan fingerprint density at radius 3 is 1.96 bits per heavy atom. The van der Waals surface area contributed by atoms with Crippen molar-refractivity contribution >= 4 is 17.5 Å². The first-order valence-electron chi connectivity index (χ1n) is 9.15. The average Bonchev–Trinajstić information content (AvgIpc) is 2.69. The zero-order valence-corrected chi connectivity index (χ0v) is 14.8. The molecule has 0 aliphatic carbocycles. The molecule has 0 amide bonds. The zero-order chi connectivity index (χ0) is 17.1. The summed E-state index contributed by atoms with van der Waals surface area (Å²) in [4.78, 5) is 24.9. The van der Waals surface area contributed by atoms with Crippen molar-refractivity contribution in [3.63, 3.8) is 0 Å². The van der Waals surface area contributed by atoms with E-state index < -0.39 is 0 Å². The lowest BCUT2D eigenvalue weighted by Crippen LogP contribution is -2.47. The molecule has 4 rings (SSSR count). The van der Waals surface area contributed by atoms with Crippen LogP contribution in [0, 0.1) is 6.92 Å². The van der Waals surface area contributed by atoms with Gasteiger partial charge in [0.05, 0.1) is 11.9 Å². The first-order chi connectivity index (χ1) is 12.3. The highest BCUT2D eigenvalue weighted by atomic mass is 15.3. The van der Waals surface area contributed by atoms with Crippen LogP contribution in [-0.2, 0) is 0 Å². The Bertz CT molecular complexity index is 706. The number of aromatic nitrogens is 4. The van der Waals surface area contributed by atoms with Gasteiger partial charge in [-0.2, -0.15) is 0 Å². The van der Waals surface area contributed by atoms with Crippen molar-refractivity contribution in [3.05, 3.63) is 30.5 Å².